The van der Waals surface area contributed by atoms with E-state index in [2.05, 4.69) is 0 Å². The molecule has 8 heteroatoms. The number of ether oxygens (including phenoxy) is 1. The summed E-state index contributed by atoms with van der Waals surface area (Å²) in [5.41, 5.74) is -0.0182. The van der Waals surface area contributed by atoms with Crippen LogP contribution in [0.5, 0.6) is 5.75 Å². The average Bonchev–Trinajstić information content (AvgIpc) is 3.03. The van der Waals surface area contributed by atoms with Gasteiger partial charge in [0.05, 0.1) is 11.5 Å². The predicted molar refractivity (Wildman–Crippen MR) is 110 cm³/mol. The summed E-state index contributed by atoms with van der Waals surface area (Å²) in [7, 11) is -3.15. The normalized spacial score (nSPS) is 18.1. The second-order valence-electron chi connectivity index (χ2n) is 7.76. The first-order chi connectivity index (χ1) is 13.7. The number of phenols is 1. The number of rotatable bonds is 6. The van der Waals surface area contributed by atoms with E-state index in [0.717, 1.165) is 5.39 Å². The fourth-order valence-electron chi connectivity index (χ4n) is 3.58. The molecule has 156 valence electrons. The number of hydrogen-bond acceptors (Lipinski definition) is 6. The fraction of sp³-hybridized carbons (Fsp3) is 0.429. The van der Waals surface area contributed by atoms with Gasteiger partial charge >= 0.3 is 5.97 Å². The van der Waals surface area contributed by atoms with Crippen molar-refractivity contribution in [2.45, 2.75) is 26.3 Å². The van der Waals surface area contributed by atoms with Gasteiger partial charge in [0.15, 0.2) is 16.4 Å². The van der Waals surface area contributed by atoms with Gasteiger partial charge in [-0.05, 0) is 23.8 Å². The molecule has 1 aliphatic heterocycles. The number of fused-ring (bicyclic) bond motifs is 1. The molecule has 0 bridgehead atoms. The lowest BCUT2D eigenvalue weighted by Gasteiger charge is -2.29. The third-order valence-corrected chi connectivity index (χ3v) is 6.73. The number of aromatic hydroxyl groups is 1. The van der Waals surface area contributed by atoms with Gasteiger partial charge in [0.25, 0.3) is 5.91 Å². The van der Waals surface area contributed by atoms with Crippen molar-refractivity contribution in [1.82, 2.24) is 4.90 Å². The van der Waals surface area contributed by atoms with Gasteiger partial charge in [-0.2, -0.15) is 0 Å². The first-order valence-corrected chi connectivity index (χ1v) is 11.4. The number of carbonyl (C=O) groups is 2. The zero-order chi connectivity index (χ0) is 21.2. The Kier molecular flexibility index (Phi) is 6.12. The van der Waals surface area contributed by atoms with Gasteiger partial charge in [-0.25, -0.2) is 13.2 Å². The summed E-state index contributed by atoms with van der Waals surface area (Å²) >= 11 is 0. The lowest BCUT2D eigenvalue weighted by molar-refractivity contribution is -0.137. The van der Waals surface area contributed by atoms with Crippen LogP contribution in [0.4, 0.5) is 0 Å². The van der Waals surface area contributed by atoms with Crippen molar-refractivity contribution in [1.29, 1.82) is 0 Å². The predicted octanol–water partition coefficient (Wildman–Crippen LogP) is 2.37. The number of nitrogens with zero attached hydrogens (tertiary/aromatic N) is 1. The minimum atomic E-state index is -3.15. The van der Waals surface area contributed by atoms with Crippen molar-refractivity contribution in [3.63, 3.8) is 0 Å². The molecule has 29 heavy (non-hydrogen) atoms. The Hall–Kier alpha value is -2.61. The van der Waals surface area contributed by atoms with Gasteiger partial charge in [-0.15, -0.1) is 0 Å². The molecule has 1 atom stereocenters. The van der Waals surface area contributed by atoms with E-state index in [1.54, 1.807) is 18.2 Å². The summed E-state index contributed by atoms with van der Waals surface area (Å²) < 4.78 is 28.8. The third-order valence-electron chi connectivity index (χ3n) is 4.98. The molecule has 0 spiro atoms. The maximum Gasteiger partial charge on any atom is 0.342 e. The van der Waals surface area contributed by atoms with Crippen molar-refractivity contribution in [3.8, 4) is 5.75 Å². The highest BCUT2D eigenvalue weighted by atomic mass is 32.2. The lowest BCUT2D eigenvalue weighted by Crippen LogP contribution is -2.45. The number of amides is 1. The summed E-state index contributed by atoms with van der Waals surface area (Å²) in [4.78, 5) is 26.6. The highest BCUT2D eigenvalue weighted by Gasteiger charge is 2.35. The molecule has 2 aromatic rings. The van der Waals surface area contributed by atoms with Crippen LogP contribution in [0, 0.1) is 5.92 Å². The molecule has 2 aromatic carbocycles. The topological polar surface area (TPSA) is 101 Å². The van der Waals surface area contributed by atoms with Crippen LogP contribution in [-0.2, 0) is 19.4 Å². The van der Waals surface area contributed by atoms with Gasteiger partial charge < -0.3 is 14.7 Å². The molecule has 0 radical (unpaired) electrons. The third kappa shape index (κ3) is 4.87. The Balaban J connectivity index is 1.71. The Morgan fingerprint density at radius 1 is 1.21 bits per heavy atom. The minimum absolute atomic E-state index is 0.0182. The standard InChI is InChI=1S/C21H25NO6S/c1-14(2)11-22(16-9-10-29(26,27)13-16)19(23)12-28-21(25)18-8-7-15-5-3-4-6-17(15)20(18)24/h3-8,14,16,24H,9-13H2,1-2H3/t16-/m1/s1. The maximum atomic E-state index is 12.7. The van der Waals surface area contributed by atoms with Crippen LogP contribution < -0.4 is 0 Å². The van der Waals surface area contributed by atoms with E-state index in [4.69, 9.17) is 4.74 Å². The Morgan fingerprint density at radius 3 is 2.59 bits per heavy atom. The van der Waals surface area contributed by atoms with Crippen molar-refractivity contribution in [3.05, 3.63) is 42.0 Å². The van der Waals surface area contributed by atoms with Crippen molar-refractivity contribution < 1.29 is 27.9 Å². The average molecular weight is 419 g/mol. The number of sulfone groups is 1. The monoisotopic (exact) mass is 419 g/mol. The van der Waals surface area contributed by atoms with Crippen molar-refractivity contribution in [2.24, 2.45) is 5.92 Å². The Labute approximate surface area is 170 Å². The largest absolute Gasteiger partial charge is 0.506 e. The van der Waals surface area contributed by atoms with Crippen LogP contribution in [-0.4, -0.2) is 61.0 Å². The van der Waals surface area contributed by atoms with Crippen LogP contribution in [0.3, 0.4) is 0 Å². The number of carbonyl (C=O) groups excluding carboxylic acids is 2. The van der Waals surface area contributed by atoms with Crippen molar-refractivity contribution >= 4 is 32.5 Å². The molecule has 0 saturated carbocycles. The lowest BCUT2D eigenvalue weighted by atomic mass is 10.1. The minimum Gasteiger partial charge on any atom is -0.506 e. The molecule has 7 nitrogen and oxygen atoms in total. The van der Waals surface area contributed by atoms with E-state index in [1.165, 1.54) is 11.0 Å². The van der Waals surface area contributed by atoms with Gasteiger partial charge in [-0.1, -0.05) is 44.2 Å². The van der Waals surface area contributed by atoms with Gasteiger partial charge in [0.2, 0.25) is 0 Å². The molecular formula is C21H25NO6S. The molecule has 1 N–H and O–H groups in total. The SMILES string of the molecule is CC(C)CN(C(=O)COC(=O)c1ccc2ccccc2c1O)[C@@H]1CCS(=O)(=O)C1. The second-order valence-corrected chi connectivity index (χ2v) is 9.98. The molecule has 1 amide bonds. The summed E-state index contributed by atoms with van der Waals surface area (Å²) in [5.74, 6) is -1.29. The number of hydrogen-bond donors (Lipinski definition) is 1. The van der Waals surface area contributed by atoms with Crippen LogP contribution in [0.1, 0.15) is 30.6 Å². The van der Waals surface area contributed by atoms with Crippen LogP contribution >= 0.6 is 0 Å². The Bertz CT molecular complexity index is 1030. The Morgan fingerprint density at radius 2 is 1.93 bits per heavy atom. The molecule has 3 rings (SSSR count). The van der Waals surface area contributed by atoms with E-state index < -0.39 is 34.4 Å². The summed E-state index contributed by atoms with van der Waals surface area (Å²) in [5, 5.41) is 11.7. The number of benzene rings is 2. The van der Waals surface area contributed by atoms with E-state index in [1.807, 2.05) is 26.0 Å². The highest BCUT2D eigenvalue weighted by Crippen LogP contribution is 2.29. The number of phenolic OH excluding ortho intramolecular Hbond substituents is 1. The molecule has 0 unspecified atom stereocenters. The molecule has 0 aromatic heterocycles. The summed E-state index contributed by atoms with van der Waals surface area (Å²) in [6.07, 6.45) is 0.389. The van der Waals surface area contributed by atoms with E-state index in [-0.39, 0.29) is 28.7 Å². The van der Waals surface area contributed by atoms with E-state index >= 15 is 0 Å². The van der Waals surface area contributed by atoms with E-state index in [0.29, 0.717) is 18.4 Å². The van der Waals surface area contributed by atoms with Gasteiger partial charge in [0.1, 0.15) is 11.3 Å². The number of esters is 1. The van der Waals surface area contributed by atoms with Gasteiger partial charge in [0, 0.05) is 18.0 Å². The van der Waals surface area contributed by atoms with Crippen LogP contribution in [0.2, 0.25) is 0 Å². The van der Waals surface area contributed by atoms with Crippen molar-refractivity contribution in [2.75, 3.05) is 24.7 Å². The molecule has 0 aliphatic carbocycles. The quantitative estimate of drug-likeness (QED) is 0.722. The first-order valence-electron chi connectivity index (χ1n) is 9.55. The molecule has 1 aliphatic rings. The fourth-order valence-corrected chi connectivity index (χ4v) is 5.31. The summed E-state index contributed by atoms with van der Waals surface area (Å²) in [6.45, 7) is 3.75. The highest BCUT2D eigenvalue weighted by molar-refractivity contribution is 7.91. The molecule has 1 fully saturated rings. The smallest absolute Gasteiger partial charge is 0.342 e. The summed E-state index contributed by atoms with van der Waals surface area (Å²) in [6, 6.07) is 9.83. The second kappa shape index (κ2) is 8.41. The zero-order valence-corrected chi connectivity index (χ0v) is 17.3. The van der Waals surface area contributed by atoms with Crippen LogP contribution in [0.25, 0.3) is 10.8 Å². The maximum absolute atomic E-state index is 12.7. The van der Waals surface area contributed by atoms with Crippen LogP contribution in [0.15, 0.2) is 36.4 Å². The molecule has 1 saturated heterocycles. The molecule has 1 heterocycles. The van der Waals surface area contributed by atoms with E-state index in [9.17, 15) is 23.1 Å². The van der Waals surface area contributed by atoms with Gasteiger partial charge in [-0.3, -0.25) is 4.79 Å². The first kappa shape index (κ1) is 21.1. The molecular weight excluding hydrogens is 394 g/mol. The zero-order valence-electron chi connectivity index (χ0n) is 16.5.